The molecule has 1 amide bonds. The second kappa shape index (κ2) is 9.34. The van der Waals surface area contributed by atoms with Crippen molar-refractivity contribution < 1.29 is 9.59 Å². The van der Waals surface area contributed by atoms with Gasteiger partial charge in [0.15, 0.2) is 5.78 Å². The van der Waals surface area contributed by atoms with Gasteiger partial charge in [-0.2, -0.15) is 5.10 Å². The van der Waals surface area contributed by atoms with Crippen LogP contribution >= 0.6 is 0 Å². The molecule has 0 saturated carbocycles. The standard InChI is InChI=1S/C28H20N4O2/c33-27(20-9-3-1-4-10-20)21-11-7-13-23(17-21)30-28(34)25-19-32(24-14-5-2-6-15-24)31-26(25)22-12-8-16-29-18-22/h1-19H,(H,30,34). The summed E-state index contributed by atoms with van der Waals surface area (Å²) in [6, 6.07) is 29.2. The highest BCUT2D eigenvalue weighted by atomic mass is 16.1. The maximum absolute atomic E-state index is 13.3. The molecule has 0 aliphatic rings. The first kappa shape index (κ1) is 21.0. The second-order valence-electron chi connectivity index (χ2n) is 7.64. The van der Waals surface area contributed by atoms with E-state index in [2.05, 4.69) is 15.4 Å². The van der Waals surface area contributed by atoms with E-state index in [1.54, 1.807) is 65.7 Å². The van der Waals surface area contributed by atoms with E-state index < -0.39 is 0 Å². The highest BCUT2D eigenvalue weighted by Crippen LogP contribution is 2.24. The minimum absolute atomic E-state index is 0.107. The van der Waals surface area contributed by atoms with Gasteiger partial charge in [-0.1, -0.05) is 60.7 Å². The molecule has 6 heteroatoms. The van der Waals surface area contributed by atoms with Gasteiger partial charge >= 0.3 is 0 Å². The van der Waals surface area contributed by atoms with Crippen LogP contribution in [0.3, 0.4) is 0 Å². The van der Waals surface area contributed by atoms with Crippen molar-refractivity contribution in [2.45, 2.75) is 0 Å². The quantitative estimate of drug-likeness (QED) is 0.355. The van der Waals surface area contributed by atoms with Gasteiger partial charge in [0.1, 0.15) is 5.69 Å². The number of hydrogen-bond donors (Lipinski definition) is 1. The molecule has 0 bridgehead atoms. The van der Waals surface area contributed by atoms with Crippen molar-refractivity contribution in [2.24, 2.45) is 0 Å². The van der Waals surface area contributed by atoms with Gasteiger partial charge in [0, 0.05) is 41.0 Å². The van der Waals surface area contributed by atoms with Crippen molar-refractivity contribution >= 4 is 17.4 Å². The molecule has 0 aliphatic carbocycles. The molecule has 5 rings (SSSR count). The van der Waals surface area contributed by atoms with E-state index in [-0.39, 0.29) is 11.7 Å². The van der Waals surface area contributed by atoms with Gasteiger partial charge in [-0.3, -0.25) is 14.6 Å². The summed E-state index contributed by atoms with van der Waals surface area (Å²) >= 11 is 0. The van der Waals surface area contributed by atoms with Crippen LogP contribution in [0.15, 0.2) is 116 Å². The zero-order chi connectivity index (χ0) is 23.3. The highest BCUT2D eigenvalue weighted by Gasteiger charge is 2.19. The van der Waals surface area contributed by atoms with Gasteiger partial charge in [-0.25, -0.2) is 4.68 Å². The number of para-hydroxylation sites is 1. The average Bonchev–Trinajstić information content (AvgIpc) is 3.36. The molecule has 2 aromatic heterocycles. The topological polar surface area (TPSA) is 76.9 Å². The van der Waals surface area contributed by atoms with Crippen LogP contribution in [-0.2, 0) is 0 Å². The van der Waals surface area contributed by atoms with E-state index in [4.69, 9.17) is 0 Å². The molecule has 0 radical (unpaired) electrons. The summed E-state index contributed by atoms with van der Waals surface area (Å²) in [5.74, 6) is -0.435. The number of amides is 1. The molecule has 0 spiro atoms. The van der Waals surface area contributed by atoms with Crippen molar-refractivity contribution in [3.05, 3.63) is 132 Å². The van der Waals surface area contributed by atoms with Gasteiger partial charge < -0.3 is 5.32 Å². The van der Waals surface area contributed by atoms with E-state index in [1.807, 2.05) is 54.6 Å². The zero-order valence-corrected chi connectivity index (χ0v) is 18.1. The number of aromatic nitrogens is 3. The zero-order valence-electron chi connectivity index (χ0n) is 18.1. The fraction of sp³-hybridized carbons (Fsp3) is 0. The summed E-state index contributed by atoms with van der Waals surface area (Å²) in [6.45, 7) is 0. The Balaban J connectivity index is 1.47. The molecule has 2 heterocycles. The third-order valence-corrected chi connectivity index (χ3v) is 5.33. The predicted octanol–water partition coefficient (Wildman–Crippen LogP) is 5.42. The van der Waals surface area contributed by atoms with Crippen molar-refractivity contribution in [1.82, 2.24) is 14.8 Å². The lowest BCUT2D eigenvalue weighted by atomic mass is 10.0. The summed E-state index contributed by atoms with van der Waals surface area (Å²) in [5, 5.41) is 7.58. The van der Waals surface area contributed by atoms with Crippen LogP contribution in [0.2, 0.25) is 0 Å². The summed E-state index contributed by atoms with van der Waals surface area (Å²) < 4.78 is 1.67. The van der Waals surface area contributed by atoms with Crippen LogP contribution in [0.4, 0.5) is 5.69 Å². The molecule has 34 heavy (non-hydrogen) atoms. The van der Waals surface area contributed by atoms with E-state index in [9.17, 15) is 9.59 Å². The molecule has 6 nitrogen and oxygen atoms in total. The number of benzene rings is 3. The number of hydrogen-bond acceptors (Lipinski definition) is 4. The first-order chi connectivity index (χ1) is 16.7. The molecule has 3 aromatic carbocycles. The van der Waals surface area contributed by atoms with Crippen molar-refractivity contribution in [2.75, 3.05) is 5.32 Å². The van der Waals surface area contributed by atoms with E-state index in [0.29, 0.717) is 28.1 Å². The number of ketones is 1. The van der Waals surface area contributed by atoms with E-state index >= 15 is 0 Å². The minimum atomic E-state index is -0.328. The Morgan fingerprint density at radius 2 is 1.50 bits per heavy atom. The molecular formula is C28H20N4O2. The Morgan fingerprint density at radius 3 is 2.24 bits per heavy atom. The summed E-state index contributed by atoms with van der Waals surface area (Å²) in [5.41, 5.74) is 4.10. The van der Waals surface area contributed by atoms with Gasteiger partial charge in [-0.15, -0.1) is 0 Å². The van der Waals surface area contributed by atoms with Crippen LogP contribution in [-0.4, -0.2) is 26.5 Å². The highest BCUT2D eigenvalue weighted by molar-refractivity contribution is 6.11. The van der Waals surface area contributed by atoms with Gasteiger partial charge in [0.05, 0.1) is 11.3 Å². The van der Waals surface area contributed by atoms with Crippen LogP contribution < -0.4 is 5.32 Å². The van der Waals surface area contributed by atoms with Crippen molar-refractivity contribution in [1.29, 1.82) is 0 Å². The Labute approximate surface area is 196 Å². The molecule has 0 aliphatic heterocycles. The third-order valence-electron chi connectivity index (χ3n) is 5.33. The van der Waals surface area contributed by atoms with E-state index in [1.165, 1.54) is 0 Å². The normalized spacial score (nSPS) is 10.6. The molecule has 1 N–H and O–H groups in total. The van der Waals surface area contributed by atoms with Crippen molar-refractivity contribution in [3.63, 3.8) is 0 Å². The molecule has 0 saturated heterocycles. The number of nitrogens with zero attached hydrogens (tertiary/aromatic N) is 3. The Bertz CT molecular complexity index is 1450. The molecule has 5 aromatic rings. The average molecular weight is 444 g/mol. The summed E-state index contributed by atoms with van der Waals surface area (Å²) in [7, 11) is 0. The van der Waals surface area contributed by atoms with Crippen LogP contribution in [0.25, 0.3) is 16.9 Å². The van der Waals surface area contributed by atoms with Gasteiger partial charge in [-0.05, 0) is 36.4 Å². The molecule has 0 fully saturated rings. The third kappa shape index (κ3) is 4.38. The van der Waals surface area contributed by atoms with Crippen LogP contribution in [0, 0.1) is 0 Å². The maximum atomic E-state index is 13.3. The lowest BCUT2D eigenvalue weighted by molar-refractivity contribution is 0.102. The number of pyridine rings is 1. The molecule has 164 valence electrons. The number of nitrogens with one attached hydrogen (secondary N) is 1. The smallest absolute Gasteiger partial charge is 0.259 e. The monoisotopic (exact) mass is 444 g/mol. The number of anilines is 1. The predicted molar refractivity (Wildman–Crippen MR) is 131 cm³/mol. The number of carbonyl (C=O) groups excluding carboxylic acids is 2. The first-order valence-electron chi connectivity index (χ1n) is 10.8. The molecule has 0 unspecified atom stereocenters. The molecule has 0 atom stereocenters. The molecular weight excluding hydrogens is 424 g/mol. The maximum Gasteiger partial charge on any atom is 0.259 e. The summed E-state index contributed by atoms with van der Waals surface area (Å²) in [4.78, 5) is 30.3. The minimum Gasteiger partial charge on any atom is -0.322 e. The summed E-state index contributed by atoms with van der Waals surface area (Å²) in [6.07, 6.45) is 5.05. The largest absolute Gasteiger partial charge is 0.322 e. The van der Waals surface area contributed by atoms with Gasteiger partial charge in [0.2, 0.25) is 0 Å². The van der Waals surface area contributed by atoms with E-state index in [0.717, 1.165) is 11.3 Å². The fourth-order valence-corrected chi connectivity index (χ4v) is 3.66. The first-order valence-corrected chi connectivity index (χ1v) is 10.8. The van der Waals surface area contributed by atoms with Crippen LogP contribution in [0.1, 0.15) is 26.3 Å². The SMILES string of the molecule is O=C(c1ccccc1)c1cccc(NC(=O)c2cn(-c3ccccc3)nc2-c2cccnc2)c1. The second-order valence-corrected chi connectivity index (χ2v) is 7.64. The lowest BCUT2D eigenvalue weighted by Gasteiger charge is -2.07. The Morgan fingerprint density at radius 1 is 0.765 bits per heavy atom. The van der Waals surface area contributed by atoms with Crippen molar-refractivity contribution in [3.8, 4) is 16.9 Å². The Kier molecular flexibility index (Phi) is 5.78. The van der Waals surface area contributed by atoms with Gasteiger partial charge in [0.25, 0.3) is 5.91 Å². The Hall–Kier alpha value is -4.84. The lowest BCUT2D eigenvalue weighted by Crippen LogP contribution is -2.13. The van der Waals surface area contributed by atoms with Crippen LogP contribution in [0.5, 0.6) is 0 Å². The number of rotatable bonds is 6. The fourth-order valence-electron chi connectivity index (χ4n) is 3.66. The number of carbonyl (C=O) groups is 2.